The second kappa shape index (κ2) is 9.38. The zero-order valence-corrected chi connectivity index (χ0v) is 19.5. The van der Waals surface area contributed by atoms with Crippen molar-refractivity contribution in [3.8, 4) is 0 Å². The average molecular weight is 487 g/mol. The first-order valence-electron chi connectivity index (χ1n) is 10.4. The van der Waals surface area contributed by atoms with Gasteiger partial charge in [0, 0.05) is 37.0 Å². The fraction of sp³-hybridized carbons (Fsp3) is 0.217. The van der Waals surface area contributed by atoms with E-state index < -0.39 is 21.8 Å². The van der Waals surface area contributed by atoms with Gasteiger partial charge in [-0.2, -0.15) is 4.31 Å². The number of hydrogen-bond donors (Lipinski definition) is 2. The van der Waals surface area contributed by atoms with Gasteiger partial charge < -0.3 is 15.2 Å². The van der Waals surface area contributed by atoms with Crippen molar-refractivity contribution in [1.82, 2.24) is 8.87 Å². The normalized spacial score (nSPS) is 14.2. The van der Waals surface area contributed by atoms with Gasteiger partial charge in [-0.05, 0) is 55.3 Å². The van der Waals surface area contributed by atoms with Gasteiger partial charge in [-0.25, -0.2) is 8.42 Å². The maximum atomic E-state index is 13.0. The molecule has 1 saturated heterocycles. The number of aromatic nitrogens is 1. The van der Waals surface area contributed by atoms with E-state index in [9.17, 15) is 18.0 Å². The minimum absolute atomic E-state index is 0.0748. The van der Waals surface area contributed by atoms with Crippen LogP contribution in [-0.4, -0.2) is 42.2 Å². The molecule has 2 heterocycles. The molecule has 10 heteroatoms. The van der Waals surface area contributed by atoms with Crippen LogP contribution in [0.3, 0.4) is 0 Å². The smallest absolute Gasteiger partial charge is 0.272 e. The van der Waals surface area contributed by atoms with Crippen molar-refractivity contribution in [2.75, 3.05) is 23.7 Å². The highest BCUT2D eigenvalue weighted by Gasteiger charge is 2.29. The van der Waals surface area contributed by atoms with Crippen LogP contribution in [-0.2, 0) is 17.1 Å². The minimum atomic E-state index is -3.65. The summed E-state index contributed by atoms with van der Waals surface area (Å²) in [7, 11) is -2.04. The summed E-state index contributed by atoms with van der Waals surface area (Å²) in [6.45, 7) is 0.962. The number of sulfonamides is 1. The lowest BCUT2D eigenvalue weighted by Crippen LogP contribution is -2.27. The Morgan fingerprint density at radius 2 is 1.61 bits per heavy atom. The van der Waals surface area contributed by atoms with Crippen molar-refractivity contribution in [3.63, 3.8) is 0 Å². The van der Waals surface area contributed by atoms with Crippen molar-refractivity contribution in [2.45, 2.75) is 17.7 Å². The summed E-state index contributed by atoms with van der Waals surface area (Å²) in [4.78, 5) is 25.9. The second-order valence-electron chi connectivity index (χ2n) is 7.74. The van der Waals surface area contributed by atoms with E-state index in [-0.39, 0.29) is 16.2 Å². The summed E-state index contributed by atoms with van der Waals surface area (Å²) in [5.74, 6) is -0.926. The van der Waals surface area contributed by atoms with E-state index in [4.69, 9.17) is 11.6 Å². The number of benzene rings is 2. The SMILES string of the molecule is Cn1cc(S(=O)(=O)N2CCCC2)cc1C(=O)Nc1ccccc1C(=O)Nc1ccc(Cl)cc1. The quantitative estimate of drug-likeness (QED) is 0.550. The second-order valence-corrected chi connectivity index (χ2v) is 10.1. The van der Waals surface area contributed by atoms with Crippen molar-refractivity contribution in [3.05, 3.63) is 77.1 Å². The lowest BCUT2D eigenvalue weighted by molar-refractivity contribution is 0.101. The molecular formula is C23H23ClN4O4S. The van der Waals surface area contributed by atoms with Gasteiger partial charge in [-0.3, -0.25) is 9.59 Å². The summed E-state index contributed by atoms with van der Waals surface area (Å²) in [6, 6.07) is 14.6. The van der Waals surface area contributed by atoms with Crippen LogP contribution in [0.25, 0.3) is 0 Å². The number of carbonyl (C=O) groups excluding carboxylic acids is 2. The number of rotatable bonds is 6. The Hall–Kier alpha value is -3.14. The van der Waals surface area contributed by atoms with E-state index in [1.54, 1.807) is 55.6 Å². The van der Waals surface area contributed by atoms with Crippen LogP contribution in [0.1, 0.15) is 33.7 Å². The van der Waals surface area contributed by atoms with Crippen molar-refractivity contribution in [1.29, 1.82) is 0 Å². The van der Waals surface area contributed by atoms with Crippen LogP contribution in [0, 0.1) is 0 Å². The molecule has 1 fully saturated rings. The molecule has 8 nitrogen and oxygen atoms in total. The zero-order valence-electron chi connectivity index (χ0n) is 17.9. The maximum Gasteiger partial charge on any atom is 0.272 e. The number of aryl methyl sites for hydroxylation is 1. The van der Waals surface area contributed by atoms with E-state index >= 15 is 0 Å². The van der Waals surface area contributed by atoms with Crippen LogP contribution in [0.4, 0.5) is 11.4 Å². The molecule has 0 spiro atoms. The molecular weight excluding hydrogens is 464 g/mol. The van der Waals surface area contributed by atoms with E-state index in [0.717, 1.165) is 12.8 Å². The Morgan fingerprint density at radius 1 is 0.939 bits per heavy atom. The number of halogens is 1. The Balaban J connectivity index is 1.54. The number of carbonyl (C=O) groups is 2. The van der Waals surface area contributed by atoms with Crippen LogP contribution < -0.4 is 10.6 Å². The monoisotopic (exact) mass is 486 g/mol. The number of nitrogens with one attached hydrogen (secondary N) is 2. The molecule has 1 aliphatic rings. The van der Waals surface area contributed by atoms with E-state index in [1.807, 2.05) is 0 Å². The molecule has 2 N–H and O–H groups in total. The zero-order chi connectivity index (χ0) is 23.6. The lowest BCUT2D eigenvalue weighted by atomic mass is 10.1. The standard InChI is InChI=1S/C23H23ClN4O4S/c1-27-15-18(33(31,32)28-12-4-5-13-28)14-21(27)23(30)26-20-7-3-2-6-19(20)22(29)25-17-10-8-16(24)9-11-17/h2-3,6-11,14-15H,4-5,12-13H2,1H3,(H,25,29)(H,26,30). The van der Waals surface area contributed by atoms with Crippen molar-refractivity contribution < 1.29 is 18.0 Å². The van der Waals surface area contributed by atoms with Crippen molar-refractivity contribution >= 4 is 44.8 Å². The summed E-state index contributed by atoms with van der Waals surface area (Å²) in [6.07, 6.45) is 3.09. The van der Waals surface area contributed by atoms with E-state index in [1.165, 1.54) is 21.1 Å². The first-order chi connectivity index (χ1) is 15.8. The van der Waals surface area contributed by atoms with Gasteiger partial charge in [0.2, 0.25) is 10.0 Å². The average Bonchev–Trinajstić information content (AvgIpc) is 3.46. The van der Waals surface area contributed by atoms with Crippen molar-refractivity contribution in [2.24, 2.45) is 7.05 Å². The molecule has 4 rings (SSSR count). The highest BCUT2D eigenvalue weighted by molar-refractivity contribution is 7.89. The highest BCUT2D eigenvalue weighted by atomic mass is 35.5. The third kappa shape index (κ3) is 4.95. The Kier molecular flexibility index (Phi) is 6.55. The van der Waals surface area contributed by atoms with Gasteiger partial charge in [0.1, 0.15) is 10.6 Å². The number of anilines is 2. The molecule has 0 unspecified atom stereocenters. The molecule has 172 valence electrons. The molecule has 0 aliphatic carbocycles. The molecule has 33 heavy (non-hydrogen) atoms. The number of nitrogens with zero attached hydrogens (tertiary/aromatic N) is 2. The Morgan fingerprint density at radius 3 is 2.30 bits per heavy atom. The Bertz CT molecular complexity index is 1300. The molecule has 0 atom stereocenters. The predicted molar refractivity (Wildman–Crippen MR) is 127 cm³/mol. The number of para-hydroxylation sites is 1. The third-order valence-corrected chi connectivity index (χ3v) is 7.55. The first-order valence-corrected chi connectivity index (χ1v) is 12.2. The summed E-state index contributed by atoms with van der Waals surface area (Å²) in [5, 5.41) is 6.04. The molecule has 2 aromatic carbocycles. The summed E-state index contributed by atoms with van der Waals surface area (Å²) >= 11 is 5.88. The first kappa shape index (κ1) is 23.0. The largest absolute Gasteiger partial charge is 0.345 e. The van der Waals surface area contributed by atoms with Gasteiger partial charge in [0.15, 0.2) is 0 Å². The molecule has 1 aromatic heterocycles. The fourth-order valence-corrected chi connectivity index (χ4v) is 5.40. The molecule has 0 saturated carbocycles. The Labute approximate surface area is 197 Å². The summed E-state index contributed by atoms with van der Waals surface area (Å²) < 4.78 is 28.6. The van der Waals surface area contributed by atoms with Gasteiger partial charge in [0.05, 0.1) is 11.3 Å². The number of hydrogen-bond acceptors (Lipinski definition) is 4. The molecule has 0 bridgehead atoms. The van der Waals surface area contributed by atoms with Gasteiger partial charge in [-0.15, -0.1) is 0 Å². The molecule has 0 radical (unpaired) electrons. The minimum Gasteiger partial charge on any atom is -0.345 e. The summed E-state index contributed by atoms with van der Waals surface area (Å²) in [5.41, 5.74) is 1.30. The molecule has 2 amide bonds. The molecule has 3 aromatic rings. The predicted octanol–water partition coefficient (Wildman–Crippen LogP) is 3.97. The van der Waals surface area contributed by atoms with E-state index in [2.05, 4.69) is 10.6 Å². The van der Waals surface area contributed by atoms with Crippen LogP contribution in [0.5, 0.6) is 0 Å². The maximum absolute atomic E-state index is 13.0. The number of amides is 2. The van der Waals surface area contributed by atoms with Gasteiger partial charge in [0.25, 0.3) is 11.8 Å². The van der Waals surface area contributed by atoms with Crippen LogP contribution >= 0.6 is 11.6 Å². The molecule has 1 aliphatic heterocycles. The van der Waals surface area contributed by atoms with Crippen LogP contribution in [0.15, 0.2) is 65.7 Å². The van der Waals surface area contributed by atoms with E-state index in [0.29, 0.717) is 29.5 Å². The fourth-order valence-electron chi connectivity index (χ4n) is 3.69. The third-order valence-electron chi connectivity index (χ3n) is 5.44. The highest BCUT2D eigenvalue weighted by Crippen LogP contribution is 2.24. The van der Waals surface area contributed by atoms with Gasteiger partial charge in [-0.1, -0.05) is 23.7 Å². The van der Waals surface area contributed by atoms with Crippen LogP contribution in [0.2, 0.25) is 5.02 Å². The topological polar surface area (TPSA) is 101 Å². The van der Waals surface area contributed by atoms with Gasteiger partial charge >= 0.3 is 0 Å². The lowest BCUT2D eigenvalue weighted by Gasteiger charge is -2.13.